The van der Waals surface area contributed by atoms with Crippen molar-refractivity contribution in [3.63, 3.8) is 0 Å². The predicted molar refractivity (Wildman–Crippen MR) is 89.2 cm³/mol. The maximum absolute atomic E-state index is 10.5. The van der Waals surface area contributed by atoms with Gasteiger partial charge in [0, 0.05) is 5.56 Å². The number of hydrogen-bond donors (Lipinski definition) is 1. The Labute approximate surface area is 129 Å². The summed E-state index contributed by atoms with van der Waals surface area (Å²) < 4.78 is 0. The van der Waals surface area contributed by atoms with Crippen molar-refractivity contribution in [1.82, 2.24) is 0 Å². The first-order chi connectivity index (χ1) is 8.67. The number of halogens is 1. The molecule has 1 aromatic carbocycles. The first-order valence-electron chi connectivity index (χ1n) is 7.24. The van der Waals surface area contributed by atoms with E-state index >= 15 is 0 Å². The van der Waals surface area contributed by atoms with Crippen LogP contribution in [-0.2, 0) is 16.2 Å². The fraction of sp³-hybridized carbons (Fsp3) is 0.667. The van der Waals surface area contributed by atoms with Gasteiger partial charge in [-0.2, -0.15) is 0 Å². The molecule has 0 radical (unpaired) electrons. The highest BCUT2D eigenvalue weighted by Gasteiger charge is 2.34. The Balaban J connectivity index is 3.96. The lowest BCUT2D eigenvalue weighted by Gasteiger charge is -2.37. The van der Waals surface area contributed by atoms with Gasteiger partial charge in [0.1, 0.15) is 5.75 Å². The molecule has 0 fully saturated rings. The zero-order valence-corrected chi connectivity index (χ0v) is 15.2. The van der Waals surface area contributed by atoms with E-state index in [1.807, 2.05) is 6.07 Å². The molecule has 2 heteroatoms. The highest BCUT2D eigenvalue weighted by atomic mass is 35.5. The maximum atomic E-state index is 10.5. The van der Waals surface area contributed by atoms with Crippen LogP contribution in [0.3, 0.4) is 0 Å². The second kappa shape index (κ2) is 4.94. The SMILES string of the molecule is CC(C)(C)c1cc(Cl)c(O)c(C(C)(C)C)c1C(C)(C)C. The van der Waals surface area contributed by atoms with Crippen molar-refractivity contribution in [2.75, 3.05) is 0 Å². The van der Waals surface area contributed by atoms with Gasteiger partial charge in [0.2, 0.25) is 0 Å². The third-order valence-electron chi connectivity index (χ3n) is 3.56. The zero-order chi connectivity index (χ0) is 16.1. The zero-order valence-electron chi connectivity index (χ0n) is 14.4. The van der Waals surface area contributed by atoms with Gasteiger partial charge in [-0.1, -0.05) is 73.9 Å². The van der Waals surface area contributed by atoms with Gasteiger partial charge in [-0.25, -0.2) is 0 Å². The molecule has 0 heterocycles. The molecule has 0 aliphatic carbocycles. The number of hydrogen-bond acceptors (Lipinski definition) is 1. The predicted octanol–water partition coefficient (Wildman–Crippen LogP) is 5.94. The molecule has 0 unspecified atom stereocenters. The van der Waals surface area contributed by atoms with Crippen molar-refractivity contribution >= 4 is 11.6 Å². The topological polar surface area (TPSA) is 20.2 Å². The van der Waals surface area contributed by atoms with Crippen LogP contribution in [0.4, 0.5) is 0 Å². The molecule has 0 saturated heterocycles. The van der Waals surface area contributed by atoms with Gasteiger partial charge in [-0.15, -0.1) is 0 Å². The monoisotopic (exact) mass is 296 g/mol. The van der Waals surface area contributed by atoms with Crippen LogP contribution in [0.2, 0.25) is 5.02 Å². The lowest BCUT2D eigenvalue weighted by atomic mass is 9.68. The lowest BCUT2D eigenvalue weighted by molar-refractivity contribution is 0.429. The minimum absolute atomic E-state index is 0.0139. The standard InChI is InChI=1S/C18H29ClO/c1-16(2,3)11-10-12(19)15(20)14(18(7,8)9)13(11)17(4,5)6/h10,20H,1-9H3. The Bertz CT molecular complexity index is 508. The van der Waals surface area contributed by atoms with Crippen molar-refractivity contribution in [3.8, 4) is 5.75 Å². The van der Waals surface area contributed by atoms with Gasteiger partial charge < -0.3 is 5.11 Å². The molecule has 0 aliphatic rings. The molecule has 0 aromatic heterocycles. The molecule has 1 aromatic rings. The molecule has 20 heavy (non-hydrogen) atoms. The van der Waals surface area contributed by atoms with Gasteiger partial charge in [0.25, 0.3) is 0 Å². The third kappa shape index (κ3) is 3.31. The molecule has 0 amide bonds. The van der Waals surface area contributed by atoms with Crippen LogP contribution in [0, 0.1) is 0 Å². The molecule has 0 aliphatic heterocycles. The van der Waals surface area contributed by atoms with Crippen LogP contribution in [-0.4, -0.2) is 5.11 Å². The molecular formula is C18H29ClO. The summed E-state index contributed by atoms with van der Waals surface area (Å²) in [5, 5.41) is 11.0. The van der Waals surface area contributed by atoms with Crippen molar-refractivity contribution in [1.29, 1.82) is 0 Å². The van der Waals surface area contributed by atoms with Crippen molar-refractivity contribution < 1.29 is 5.11 Å². The van der Waals surface area contributed by atoms with Gasteiger partial charge in [-0.05, 0) is 33.4 Å². The molecule has 114 valence electrons. The van der Waals surface area contributed by atoms with Gasteiger partial charge in [0.05, 0.1) is 5.02 Å². The quantitative estimate of drug-likeness (QED) is 0.628. The van der Waals surface area contributed by atoms with E-state index < -0.39 is 0 Å². The largest absolute Gasteiger partial charge is 0.506 e. The molecule has 0 spiro atoms. The number of rotatable bonds is 0. The molecule has 0 bridgehead atoms. The minimum atomic E-state index is -0.155. The fourth-order valence-electron chi connectivity index (χ4n) is 2.74. The number of phenolic OH excluding ortho intramolecular Hbond substituents is 1. The van der Waals surface area contributed by atoms with E-state index in [2.05, 4.69) is 62.3 Å². The van der Waals surface area contributed by atoms with Crippen LogP contribution in [0.5, 0.6) is 5.75 Å². The van der Waals surface area contributed by atoms with Gasteiger partial charge in [-0.3, -0.25) is 0 Å². The molecule has 1 rings (SSSR count). The summed E-state index contributed by atoms with van der Waals surface area (Å²) in [4.78, 5) is 0. The first kappa shape index (κ1) is 17.4. The summed E-state index contributed by atoms with van der Waals surface area (Å²) in [6.07, 6.45) is 0. The number of aromatic hydroxyl groups is 1. The van der Waals surface area contributed by atoms with Crippen LogP contribution >= 0.6 is 11.6 Å². The second-order valence-electron chi connectivity index (χ2n) is 8.75. The number of phenols is 1. The normalized spacial score (nSPS) is 13.7. The van der Waals surface area contributed by atoms with E-state index in [1.165, 1.54) is 11.1 Å². The average Bonchev–Trinajstić information content (AvgIpc) is 2.15. The molecule has 1 N–H and O–H groups in total. The molecule has 1 nitrogen and oxygen atoms in total. The Kier molecular flexibility index (Phi) is 4.29. The van der Waals surface area contributed by atoms with Crippen molar-refractivity contribution in [2.45, 2.75) is 78.6 Å². The Morgan fingerprint density at radius 1 is 0.750 bits per heavy atom. The summed E-state index contributed by atoms with van der Waals surface area (Å²) in [7, 11) is 0. The summed E-state index contributed by atoms with van der Waals surface area (Å²) >= 11 is 6.30. The Morgan fingerprint density at radius 2 is 1.15 bits per heavy atom. The van der Waals surface area contributed by atoms with E-state index in [0.717, 1.165) is 5.56 Å². The van der Waals surface area contributed by atoms with E-state index in [9.17, 15) is 5.11 Å². The summed E-state index contributed by atoms with van der Waals surface area (Å²) in [6.45, 7) is 19.5. The van der Waals surface area contributed by atoms with Crippen LogP contribution < -0.4 is 0 Å². The summed E-state index contributed by atoms with van der Waals surface area (Å²) in [6, 6.07) is 1.94. The van der Waals surface area contributed by atoms with Crippen LogP contribution in [0.15, 0.2) is 6.07 Å². The van der Waals surface area contributed by atoms with Crippen LogP contribution in [0.25, 0.3) is 0 Å². The molecular weight excluding hydrogens is 268 g/mol. The third-order valence-corrected chi connectivity index (χ3v) is 3.85. The number of benzene rings is 1. The average molecular weight is 297 g/mol. The highest BCUT2D eigenvalue weighted by Crippen LogP contribution is 2.47. The fourth-order valence-corrected chi connectivity index (χ4v) is 2.94. The smallest absolute Gasteiger partial charge is 0.138 e. The summed E-state index contributed by atoms with van der Waals surface area (Å²) in [5.74, 6) is 0.233. The lowest BCUT2D eigenvalue weighted by Crippen LogP contribution is -2.28. The Hall–Kier alpha value is -0.690. The molecule has 0 saturated carbocycles. The highest BCUT2D eigenvalue weighted by molar-refractivity contribution is 6.32. The van der Waals surface area contributed by atoms with Crippen molar-refractivity contribution in [2.24, 2.45) is 0 Å². The van der Waals surface area contributed by atoms with Crippen LogP contribution in [0.1, 0.15) is 79.0 Å². The first-order valence-corrected chi connectivity index (χ1v) is 7.62. The summed E-state index contributed by atoms with van der Waals surface area (Å²) in [5.41, 5.74) is 3.20. The minimum Gasteiger partial charge on any atom is -0.506 e. The maximum Gasteiger partial charge on any atom is 0.138 e. The Morgan fingerprint density at radius 3 is 1.45 bits per heavy atom. The van der Waals surface area contributed by atoms with E-state index in [1.54, 1.807) is 0 Å². The van der Waals surface area contributed by atoms with Crippen molar-refractivity contribution in [3.05, 3.63) is 27.8 Å². The van der Waals surface area contributed by atoms with E-state index in [4.69, 9.17) is 11.6 Å². The van der Waals surface area contributed by atoms with Gasteiger partial charge >= 0.3 is 0 Å². The molecule has 0 atom stereocenters. The second-order valence-corrected chi connectivity index (χ2v) is 9.16. The van der Waals surface area contributed by atoms with E-state index in [-0.39, 0.29) is 22.0 Å². The van der Waals surface area contributed by atoms with Gasteiger partial charge in [0.15, 0.2) is 0 Å². The van der Waals surface area contributed by atoms with E-state index in [0.29, 0.717) is 5.02 Å².